The Balaban J connectivity index is 1.59. The molecule has 0 saturated heterocycles. The molecule has 0 atom stereocenters. The van der Waals surface area contributed by atoms with Crippen molar-refractivity contribution in [1.82, 2.24) is 4.98 Å². The van der Waals surface area contributed by atoms with Gasteiger partial charge in [-0.3, -0.25) is 0 Å². The minimum Gasteiger partial charge on any atom is -0.494 e. The average molecular weight is 461 g/mol. The number of hydrogen-bond donors (Lipinski definition) is 0. The van der Waals surface area contributed by atoms with E-state index in [1.807, 2.05) is 42.6 Å². The van der Waals surface area contributed by atoms with Crippen LogP contribution < -0.4 is 4.74 Å². The highest BCUT2D eigenvalue weighted by Gasteiger charge is 2.10. The van der Waals surface area contributed by atoms with Crippen LogP contribution in [-0.4, -0.2) is 11.6 Å². The second-order valence-corrected chi connectivity index (χ2v) is 8.40. The minimum absolute atomic E-state index is 0.523. The first-order valence-corrected chi connectivity index (χ1v) is 11.0. The molecule has 6 heteroatoms. The van der Waals surface area contributed by atoms with E-state index >= 15 is 0 Å². The summed E-state index contributed by atoms with van der Waals surface area (Å²) in [4.78, 5) is 4.75. The normalized spacial score (nSPS) is 10.9. The Hall–Kier alpha value is -2.04. The molecule has 0 aliphatic rings. The summed E-state index contributed by atoms with van der Waals surface area (Å²) in [5.74, 6) is 0.774. The molecule has 146 valence electrons. The zero-order valence-electron chi connectivity index (χ0n) is 15.5. The number of rotatable bonds is 5. The molecule has 4 rings (SSSR count). The number of aromatic nitrogens is 1. The van der Waals surface area contributed by atoms with Gasteiger partial charge in [0.1, 0.15) is 10.8 Å². The molecule has 0 amide bonds. The van der Waals surface area contributed by atoms with E-state index in [9.17, 15) is 0 Å². The zero-order chi connectivity index (χ0) is 20.4. The fourth-order valence-corrected chi connectivity index (χ4v) is 4.39. The van der Waals surface area contributed by atoms with Crippen LogP contribution in [0.15, 0.2) is 66.0 Å². The van der Waals surface area contributed by atoms with E-state index < -0.39 is 0 Å². The largest absolute Gasteiger partial charge is 0.494 e. The lowest BCUT2D eigenvalue weighted by Crippen LogP contribution is -1.91. The van der Waals surface area contributed by atoms with E-state index in [1.54, 1.807) is 17.4 Å². The smallest absolute Gasteiger partial charge is 0.124 e. The third-order valence-electron chi connectivity index (χ3n) is 4.41. The Bertz CT molecular complexity index is 1160. The monoisotopic (exact) mass is 459 g/mol. The second-order valence-electron chi connectivity index (χ2n) is 6.32. The van der Waals surface area contributed by atoms with E-state index in [0.717, 1.165) is 38.7 Å². The molecule has 0 radical (unpaired) electrons. The minimum atomic E-state index is 0.523. The molecule has 4 aromatic rings. The SMILES string of the molecule is CCOc1ccc(-c2ccc(-c3nc(-c4ccc(Cl)c(Cl)c4)cs3)cc2)c(Cl)c1. The molecule has 1 heterocycles. The summed E-state index contributed by atoms with van der Waals surface area (Å²) in [6, 6.07) is 19.5. The Labute approximate surface area is 188 Å². The quantitative estimate of drug-likeness (QED) is 0.298. The van der Waals surface area contributed by atoms with Crippen molar-refractivity contribution in [3.05, 3.63) is 81.1 Å². The van der Waals surface area contributed by atoms with Gasteiger partial charge in [0, 0.05) is 22.1 Å². The number of halogens is 3. The molecular weight excluding hydrogens is 445 g/mol. The number of ether oxygens (including phenoxy) is 1. The lowest BCUT2D eigenvalue weighted by molar-refractivity contribution is 0.340. The standard InChI is InChI=1S/C23H16Cl3NOS/c1-2-28-17-8-9-18(20(25)12-17)14-3-5-15(6-4-14)23-27-22(13-29-23)16-7-10-19(24)21(26)11-16/h3-13H,2H2,1H3. The van der Waals surface area contributed by atoms with Crippen LogP contribution in [0.4, 0.5) is 0 Å². The van der Waals surface area contributed by atoms with Crippen molar-refractivity contribution in [2.45, 2.75) is 6.92 Å². The molecule has 0 aliphatic carbocycles. The summed E-state index contributed by atoms with van der Waals surface area (Å²) in [5.41, 5.74) is 4.88. The summed E-state index contributed by atoms with van der Waals surface area (Å²) < 4.78 is 5.50. The first-order chi connectivity index (χ1) is 14.0. The van der Waals surface area contributed by atoms with Crippen LogP contribution in [0.2, 0.25) is 15.1 Å². The second kappa shape index (κ2) is 8.76. The first kappa shape index (κ1) is 20.2. The van der Waals surface area contributed by atoms with Crippen molar-refractivity contribution >= 4 is 46.1 Å². The Kier molecular flexibility index (Phi) is 6.12. The maximum Gasteiger partial charge on any atom is 0.124 e. The van der Waals surface area contributed by atoms with Gasteiger partial charge in [0.25, 0.3) is 0 Å². The molecule has 0 fully saturated rings. The predicted molar refractivity (Wildman–Crippen MR) is 125 cm³/mol. The Morgan fingerprint density at radius 2 is 1.52 bits per heavy atom. The van der Waals surface area contributed by atoms with Gasteiger partial charge >= 0.3 is 0 Å². The predicted octanol–water partition coefficient (Wildman–Crippen LogP) is 8.50. The fraction of sp³-hybridized carbons (Fsp3) is 0.0870. The van der Waals surface area contributed by atoms with Gasteiger partial charge in [0.05, 0.1) is 27.4 Å². The van der Waals surface area contributed by atoms with Gasteiger partial charge in [0.15, 0.2) is 0 Å². The van der Waals surface area contributed by atoms with Crippen LogP contribution >= 0.6 is 46.1 Å². The highest BCUT2D eigenvalue weighted by atomic mass is 35.5. The van der Waals surface area contributed by atoms with Crippen molar-refractivity contribution in [3.8, 4) is 38.7 Å². The van der Waals surface area contributed by atoms with Gasteiger partial charge in [-0.15, -0.1) is 11.3 Å². The van der Waals surface area contributed by atoms with Gasteiger partial charge in [-0.05, 0) is 42.8 Å². The van der Waals surface area contributed by atoms with E-state index in [0.29, 0.717) is 21.7 Å². The van der Waals surface area contributed by atoms with Crippen molar-refractivity contribution in [1.29, 1.82) is 0 Å². The van der Waals surface area contributed by atoms with Gasteiger partial charge in [0.2, 0.25) is 0 Å². The number of nitrogens with zero attached hydrogens (tertiary/aromatic N) is 1. The fourth-order valence-electron chi connectivity index (χ4n) is 2.97. The lowest BCUT2D eigenvalue weighted by atomic mass is 10.0. The van der Waals surface area contributed by atoms with Gasteiger partial charge in [-0.1, -0.05) is 65.1 Å². The van der Waals surface area contributed by atoms with Gasteiger partial charge in [-0.2, -0.15) is 0 Å². The van der Waals surface area contributed by atoms with Crippen LogP contribution in [-0.2, 0) is 0 Å². The number of benzene rings is 3. The molecule has 29 heavy (non-hydrogen) atoms. The van der Waals surface area contributed by atoms with Crippen LogP contribution in [0.25, 0.3) is 33.0 Å². The van der Waals surface area contributed by atoms with Crippen molar-refractivity contribution < 1.29 is 4.74 Å². The molecule has 0 bridgehead atoms. The first-order valence-electron chi connectivity index (χ1n) is 8.99. The van der Waals surface area contributed by atoms with Crippen molar-refractivity contribution in [3.63, 3.8) is 0 Å². The van der Waals surface area contributed by atoms with Crippen molar-refractivity contribution in [2.24, 2.45) is 0 Å². The topological polar surface area (TPSA) is 22.1 Å². The number of thiazole rings is 1. The van der Waals surface area contributed by atoms with E-state index in [-0.39, 0.29) is 0 Å². The average Bonchev–Trinajstić information content (AvgIpc) is 3.21. The molecule has 0 N–H and O–H groups in total. The molecule has 3 aromatic carbocycles. The van der Waals surface area contributed by atoms with Crippen LogP contribution in [0.3, 0.4) is 0 Å². The van der Waals surface area contributed by atoms with E-state index in [4.69, 9.17) is 44.5 Å². The maximum absolute atomic E-state index is 6.44. The van der Waals surface area contributed by atoms with E-state index in [2.05, 4.69) is 24.3 Å². The lowest BCUT2D eigenvalue weighted by Gasteiger charge is -2.08. The van der Waals surface area contributed by atoms with E-state index in [1.165, 1.54) is 0 Å². The molecule has 0 spiro atoms. The molecule has 1 aromatic heterocycles. The molecular formula is C23H16Cl3NOS. The highest BCUT2D eigenvalue weighted by Crippen LogP contribution is 2.35. The molecule has 0 aliphatic heterocycles. The van der Waals surface area contributed by atoms with Gasteiger partial charge in [-0.25, -0.2) is 4.98 Å². The maximum atomic E-state index is 6.44. The number of hydrogen-bond acceptors (Lipinski definition) is 3. The molecule has 0 saturated carbocycles. The highest BCUT2D eigenvalue weighted by molar-refractivity contribution is 7.13. The van der Waals surface area contributed by atoms with Crippen LogP contribution in [0.1, 0.15) is 6.92 Å². The van der Waals surface area contributed by atoms with Gasteiger partial charge < -0.3 is 4.74 Å². The Morgan fingerprint density at radius 1 is 0.793 bits per heavy atom. The van der Waals surface area contributed by atoms with Crippen LogP contribution in [0.5, 0.6) is 5.75 Å². The third-order valence-corrected chi connectivity index (χ3v) is 6.36. The van der Waals surface area contributed by atoms with Crippen molar-refractivity contribution in [2.75, 3.05) is 6.61 Å². The third kappa shape index (κ3) is 4.44. The summed E-state index contributed by atoms with van der Waals surface area (Å²) in [6.07, 6.45) is 0. The summed E-state index contributed by atoms with van der Waals surface area (Å²) in [6.45, 7) is 2.56. The summed E-state index contributed by atoms with van der Waals surface area (Å²) in [7, 11) is 0. The summed E-state index contributed by atoms with van der Waals surface area (Å²) >= 11 is 20.2. The zero-order valence-corrected chi connectivity index (χ0v) is 18.5. The molecule has 2 nitrogen and oxygen atoms in total. The Morgan fingerprint density at radius 3 is 2.21 bits per heavy atom. The van der Waals surface area contributed by atoms with Crippen LogP contribution in [0, 0.1) is 0 Å². The molecule has 0 unspecified atom stereocenters. The summed E-state index contributed by atoms with van der Waals surface area (Å²) in [5, 5.41) is 4.69.